The molecular formula is C29H32N2O5. The van der Waals surface area contributed by atoms with Crippen LogP contribution in [0.5, 0.6) is 0 Å². The van der Waals surface area contributed by atoms with E-state index in [0.29, 0.717) is 12.0 Å². The summed E-state index contributed by atoms with van der Waals surface area (Å²) in [7, 11) is 0. The number of carboxylic acids is 2. The molecule has 0 aliphatic heterocycles. The molecule has 0 bridgehead atoms. The van der Waals surface area contributed by atoms with Gasteiger partial charge in [-0.15, -0.1) is 0 Å². The van der Waals surface area contributed by atoms with Crippen LogP contribution >= 0.6 is 0 Å². The van der Waals surface area contributed by atoms with Gasteiger partial charge in [-0.25, -0.2) is 0 Å². The number of fused-ring (bicyclic) bond motifs is 1. The van der Waals surface area contributed by atoms with Crippen LogP contribution in [0.2, 0.25) is 0 Å². The molecule has 188 valence electrons. The minimum Gasteiger partial charge on any atom is -0.480 e. The summed E-state index contributed by atoms with van der Waals surface area (Å²) in [4.78, 5) is 35.6. The van der Waals surface area contributed by atoms with E-state index in [2.05, 4.69) is 54.7 Å². The highest BCUT2D eigenvalue weighted by Crippen LogP contribution is 2.34. The molecule has 4 rings (SSSR count). The average Bonchev–Trinajstić information content (AvgIpc) is 2.87. The van der Waals surface area contributed by atoms with Crippen LogP contribution in [0.4, 0.5) is 0 Å². The van der Waals surface area contributed by atoms with E-state index >= 15 is 0 Å². The van der Waals surface area contributed by atoms with Gasteiger partial charge in [0.15, 0.2) is 0 Å². The van der Waals surface area contributed by atoms with Crippen molar-refractivity contribution in [2.45, 2.75) is 50.6 Å². The Morgan fingerprint density at radius 3 is 2.28 bits per heavy atom. The van der Waals surface area contributed by atoms with E-state index in [-0.39, 0.29) is 11.6 Å². The van der Waals surface area contributed by atoms with Gasteiger partial charge in [-0.2, -0.15) is 0 Å². The number of nitrogens with zero attached hydrogens (tertiary/aromatic N) is 1. The van der Waals surface area contributed by atoms with E-state index in [0.717, 1.165) is 36.1 Å². The van der Waals surface area contributed by atoms with Crippen LogP contribution in [0.3, 0.4) is 0 Å². The maximum atomic E-state index is 12.7. The molecule has 2 unspecified atom stereocenters. The summed E-state index contributed by atoms with van der Waals surface area (Å²) in [5.74, 6) is -2.74. The quantitative estimate of drug-likeness (QED) is 0.398. The molecule has 7 nitrogen and oxygen atoms in total. The van der Waals surface area contributed by atoms with Crippen LogP contribution in [-0.2, 0) is 9.59 Å². The highest BCUT2D eigenvalue weighted by atomic mass is 16.4. The third kappa shape index (κ3) is 6.10. The van der Waals surface area contributed by atoms with Gasteiger partial charge in [-0.3, -0.25) is 14.4 Å². The van der Waals surface area contributed by atoms with Crippen LogP contribution in [0.1, 0.15) is 66.1 Å². The molecule has 3 aromatic rings. The van der Waals surface area contributed by atoms with E-state index < -0.39 is 30.9 Å². The number of nitrogens with one attached hydrogen (secondary N) is 1. The molecule has 36 heavy (non-hydrogen) atoms. The number of hydrogen-bond donors (Lipinski definition) is 3. The number of carboxylic acid groups (broad SMARTS) is 2. The SMILES string of the molecule is CC(NC1CCC[C@H](c2ccc(C(=O)N(CC(=O)O)CC(=O)O)cc2)C1)c1cccc2ccccc12. The lowest BCUT2D eigenvalue weighted by molar-refractivity contribution is -0.140. The summed E-state index contributed by atoms with van der Waals surface area (Å²) in [5, 5.41) is 24.4. The van der Waals surface area contributed by atoms with Crippen molar-refractivity contribution >= 4 is 28.6 Å². The van der Waals surface area contributed by atoms with Gasteiger partial charge in [0.05, 0.1) is 0 Å². The smallest absolute Gasteiger partial charge is 0.323 e. The van der Waals surface area contributed by atoms with Crippen LogP contribution in [-0.4, -0.2) is 52.1 Å². The number of benzene rings is 3. The number of carbonyl (C=O) groups is 3. The van der Waals surface area contributed by atoms with Gasteiger partial charge in [0.2, 0.25) is 0 Å². The second-order valence-electron chi connectivity index (χ2n) is 9.59. The Morgan fingerprint density at radius 2 is 1.58 bits per heavy atom. The zero-order valence-electron chi connectivity index (χ0n) is 20.4. The van der Waals surface area contributed by atoms with E-state index in [9.17, 15) is 14.4 Å². The Morgan fingerprint density at radius 1 is 0.917 bits per heavy atom. The Balaban J connectivity index is 1.42. The first kappa shape index (κ1) is 25.4. The molecule has 1 aliphatic carbocycles. The third-order valence-corrected chi connectivity index (χ3v) is 7.02. The predicted octanol–water partition coefficient (Wildman–Crippen LogP) is 4.83. The predicted molar refractivity (Wildman–Crippen MR) is 138 cm³/mol. The molecule has 3 atom stereocenters. The maximum absolute atomic E-state index is 12.7. The van der Waals surface area contributed by atoms with Crippen LogP contribution in [0, 0.1) is 0 Å². The highest BCUT2D eigenvalue weighted by molar-refractivity contribution is 5.97. The van der Waals surface area contributed by atoms with Crippen molar-refractivity contribution in [1.82, 2.24) is 10.2 Å². The summed E-state index contributed by atoms with van der Waals surface area (Å²) in [5.41, 5.74) is 2.72. The summed E-state index contributed by atoms with van der Waals surface area (Å²) in [6.45, 7) is 0.904. The molecule has 1 fully saturated rings. The van der Waals surface area contributed by atoms with Crippen molar-refractivity contribution in [3.8, 4) is 0 Å². The van der Waals surface area contributed by atoms with Gasteiger partial charge in [0, 0.05) is 17.6 Å². The second kappa shape index (κ2) is 11.4. The molecule has 0 saturated heterocycles. The fourth-order valence-electron chi connectivity index (χ4n) is 5.32. The third-order valence-electron chi connectivity index (χ3n) is 7.02. The second-order valence-corrected chi connectivity index (χ2v) is 9.59. The lowest BCUT2D eigenvalue weighted by Gasteiger charge is -2.32. The standard InChI is InChI=1S/C29H32N2O5/c1-19(25-11-5-7-21-6-2-3-10-26(21)25)30-24-9-4-8-23(16-24)20-12-14-22(15-13-20)29(36)31(17-27(32)33)18-28(34)35/h2-3,5-7,10-15,19,23-24,30H,4,8-9,16-18H2,1H3,(H,32,33)(H,34,35)/t19?,23-,24?/m0/s1. The number of rotatable bonds is 9. The monoisotopic (exact) mass is 488 g/mol. The molecular weight excluding hydrogens is 456 g/mol. The molecule has 3 N–H and O–H groups in total. The highest BCUT2D eigenvalue weighted by Gasteiger charge is 2.26. The van der Waals surface area contributed by atoms with E-state index in [1.54, 1.807) is 12.1 Å². The zero-order valence-corrected chi connectivity index (χ0v) is 20.4. The van der Waals surface area contributed by atoms with Crippen molar-refractivity contribution in [3.05, 3.63) is 83.4 Å². The number of amides is 1. The number of hydrogen-bond acceptors (Lipinski definition) is 4. The largest absolute Gasteiger partial charge is 0.480 e. The lowest BCUT2D eigenvalue weighted by atomic mass is 9.80. The Labute approximate surface area is 210 Å². The first-order valence-electron chi connectivity index (χ1n) is 12.4. The van der Waals surface area contributed by atoms with Gasteiger partial charge in [0.25, 0.3) is 5.91 Å². The van der Waals surface area contributed by atoms with Gasteiger partial charge in [-0.1, -0.05) is 61.0 Å². The molecule has 7 heteroatoms. The lowest BCUT2D eigenvalue weighted by Crippen LogP contribution is -2.39. The van der Waals surface area contributed by atoms with E-state index in [1.165, 1.54) is 16.3 Å². The number of carbonyl (C=O) groups excluding carboxylic acids is 1. The van der Waals surface area contributed by atoms with Crippen LogP contribution < -0.4 is 5.32 Å². The molecule has 1 amide bonds. The van der Waals surface area contributed by atoms with Crippen molar-refractivity contribution in [2.75, 3.05) is 13.1 Å². The molecule has 1 aliphatic rings. The van der Waals surface area contributed by atoms with Crippen LogP contribution in [0.25, 0.3) is 10.8 Å². The summed E-state index contributed by atoms with van der Waals surface area (Å²) in [6, 6.07) is 22.6. The summed E-state index contributed by atoms with van der Waals surface area (Å²) < 4.78 is 0. The maximum Gasteiger partial charge on any atom is 0.323 e. The topological polar surface area (TPSA) is 107 Å². The fraction of sp³-hybridized carbons (Fsp3) is 0.345. The van der Waals surface area contributed by atoms with E-state index in [1.807, 2.05) is 12.1 Å². The van der Waals surface area contributed by atoms with Gasteiger partial charge in [-0.05, 0) is 66.1 Å². The van der Waals surface area contributed by atoms with Crippen molar-refractivity contribution in [1.29, 1.82) is 0 Å². The molecule has 1 saturated carbocycles. The fourth-order valence-corrected chi connectivity index (χ4v) is 5.32. The first-order valence-corrected chi connectivity index (χ1v) is 12.4. The van der Waals surface area contributed by atoms with Gasteiger partial charge in [0.1, 0.15) is 13.1 Å². The molecule has 0 heterocycles. The van der Waals surface area contributed by atoms with Gasteiger partial charge < -0.3 is 20.4 Å². The number of aliphatic carboxylic acids is 2. The van der Waals surface area contributed by atoms with Crippen molar-refractivity contribution in [3.63, 3.8) is 0 Å². The van der Waals surface area contributed by atoms with Crippen molar-refractivity contribution in [2.24, 2.45) is 0 Å². The molecule has 3 aromatic carbocycles. The first-order chi connectivity index (χ1) is 17.3. The Hall–Kier alpha value is -3.71. The minimum atomic E-state index is -1.25. The van der Waals surface area contributed by atoms with Crippen molar-refractivity contribution < 1.29 is 24.6 Å². The summed E-state index contributed by atoms with van der Waals surface area (Å²) >= 11 is 0. The Kier molecular flexibility index (Phi) is 8.00. The van der Waals surface area contributed by atoms with E-state index in [4.69, 9.17) is 10.2 Å². The Bertz CT molecular complexity index is 1220. The molecule has 0 radical (unpaired) electrons. The molecule has 0 aromatic heterocycles. The normalized spacial score (nSPS) is 18.5. The summed E-state index contributed by atoms with van der Waals surface area (Å²) in [6.07, 6.45) is 4.28. The molecule has 0 spiro atoms. The van der Waals surface area contributed by atoms with Gasteiger partial charge >= 0.3 is 11.9 Å². The minimum absolute atomic E-state index is 0.217. The average molecular weight is 489 g/mol. The van der Waals surface area contributed by atoms with Crippen LogP contribution in [0.15, 0.2) is 66.7 Å². The zero-order chi connectivity index (χ0) is 25.7.